The first kappa shape index (κ1) is 17.9. The number of carbonyl (C=O) groups excluding carboxylic acids is 1. The minimum atomic E-state index is -0.317. The predicted molar refractivity (Wildman–Crippen MR) is 95.9 cm³/mol. The fourth-order valence-corrected chi connectivity index (χ4v) is 3.28. The van der Waals surface area contributed by atoms with Crippen molar-refractivity contribution < 1.29 is 9.18 Å². The maximum Gasteiger partial charge on any atom is 0.274 e. The molecule has 1 aromatic heterocycles. The summed E-state index contributed by atoms with van der Waals surface area (Å²) in [6.07, 6.45) is 6.15. The Bertz CT molecular complexity index is 740. The van der Waals surface area contributed by atoms with E-state index in [0.717, 1.165) is 32.4 Å². The summed E-state index contributed by atoms with van der Waals surface area (Å²) >= 11 is 0. The van der Waals surface area contributed by atoms with Crippen LogP contribution in [0.2, 0.25) is 0 Å². The zero-order valence-electron chi connectivity index (χ0n) is 13.9. The molecule has 2 heterocycles. The predicted octanol–water partition coefficient (Wildman–Crippen LogP) is 2.79. The van der Waals surface area contributed by atoms with Crippen molar-refractivity contribution in [3.8, 4) is 5.69 Å². The summed E-state index contributed by atoms with van der Waals surface area (Å²) in [6, 6.07) is 8.65. The van der Waals surface area contributed by atoms with E-state index in [1.165, 1.54) is 18.6 Å². The van der Waals surface area contributed by atoms with Gasteiger partial charge in [0.2, 0.25) is 0 Å². The second-order valence-corrected chi connectivity index (χ2v) is 6.61. The molecule has 1 N–H and O–H groups in total. The van der Waals surface area contributed by atoms with Crippen molar-refractivity contribution in [1.29, 1.82) is 0 Å². The lowest BCUT2D eigenvalue weighted by Gasteiger charge is -2.25. The van der Waals surface area contributed by atoms with Crippen molar-refractivity contribution in [2.45, 2.75) is 37.8 Å². The molecule has 4 rings (SSSR count). The number of rotatable bonds is 5. The van der Waals surface area contributed by atoms with Crippen LogP contribution in [0.3, 0.4) is 0 Å². The molecule has 0 spiro atoms. The van der Waals surface area contributed by atoms with Crippen LogP contribution in [0.1, 0.15) is 36.2 Å². The third-order valence-electron chi connectivity index (χ3n) is 4.71. The Morgan fingerprint density at radius 2 is 2.16 bits per heavy atom. The second-order valence-electron chi connectivity index (χ2n) is 6.61. The second kappa shape index (κ2) is 7.54. The minimum Gasteiger partial charge on any atom is -0.333 e. The maximum absolute atomic E-state index is 13.4. The number of amides is 1. The van der Waals surface area contributed by atoms with E-state index in [0.29, 0.717) is 23.5 Å². The van der Waals surface area contributed by atoms with E-state index in [2.05, 4.69) is 10.4 Å². The molecule has 1 amide bonds. The lowest BCUT2D eigenvalue weighted by atomic mass is 10.2. The maximum atomic E-state index is 13.4. The average molecular weight is 365 g/mol. The summed E-state index contributed by atoms with van der Waals surface area (Å²) in [5.41, 5.74) is 1.04. The van der Waals surface area contributed by atoms with Gasteiger partial charge in [0, 0.05) is 24.8 Å². The van der Waals surface area contributed by atoms with Gasteiger partial charge in [0.1, 0.15) is 5.82 Å². The number of hydrogen-bond acceptors (Lipinski definition) is 3. The van der Waals surface area contributed by atoms with E-state index in [4.69, 9.17) is 0 Å². The van der Waals surface area contributed by atoms with Crippen molar-refractivity contribution in [3.63, 3.8) is 0 Å². The number of nitrogens with one attached hydrogen (secondary N) is 1. The Kier molecular flexibility index (Phi) is 5.39. The molecule has 25 heavy (non-hydrogen) atoms. The number of nitrogens with zero attached hydrogens (tertiary/aromatic N) is 3. The minimum absolute atomic E-state index is 0. The molecule has 1 unspecified atom stereocenters. The Hall–Kier alpha value is -1.92. The van der Waals surface area contributed by atoms with Crippen molar-refractivity contribution in [2.24, 2.45) is 0 Å². The molecular formula is C18H22ClFN4O. The topological polar surface area (TPSA) is 50.2 Å². The number of carbonyl (C=O) groups is 1. The van der Waals surface area contributed by atoms with Gasteiger partial charge in [0.25, 0.3) is 5.91 Å². The standard InChI is InChI=1S/C18H21FN4O.ClH/c19-13-3-1-5-16(11-13)23-10-8-17(21-23)18(24)22(15-6-7-15)12-14-4-2-9-20-14;/h1,3,5,8,10-11,14-15,20H,2,4,6-7,9,12H2;1H. The fraction of sp³-hybridized carbons (Fsp3) is 0.444. The number of halogens is 2. The molecule has 5 nitrogen and oxygen atoms in total. The van der Waals surface area contributed by atoms with Crippen molar-refractivity contribution in [2.75, 3.05) is 13.1 Å². The highest BCUT2D eigenvalue weighted by atomic mass is 35.5. The summed E-state index contributed by atoms with van der Waals surface area (Å²) < 4.78 is 14.9. The monoisotopic (exact) mass is 364 g/mol. The van der Waals surface area contributed by atoms with E-state index in [1.807, 2.05) is 4.90 Å². The van der Waals surface area contributed by atoms with Crippen LogP contribution in [-0.2, 0) is 0 Å². The summed E-state index contributed by atoms with van der Waals surface area (Å²) in [5.74, 6) is -0.343. The molecule has 0 radical (unpaired) electrons. The first-order valence-corrected chi connectivity index (χ1v) is 8.57. The Morgan fingerprint density at radius 3 is 2.84 bits per heavy atom. The van der Waals surface area contributed by atoms with Gasteiger partial charge in [-0.2, -0.15) is 5.10 Å². The molecule has 1 aromatic carbocycles. The van der Waals surface area contributed by atoms with Gasteiger partial charge in [-0.05, 0) is 56.5 Å². The van der Waals surface area contributed by atoms with Gasteiger partial charge < -0.3 is 10.2 Å². The molecule has 0 bridgehead atoms. The lowest BCUT2D eigenvalue weighted by molar-refractivity contribution is 0.0722. The van der Waals surface area contributed by atoms with Crippen LogP contribution < -0.4 is 5.32 Å². The quantitative estimate of drug-likeness (QED) is 0.887. The Labute approximate surface area is 152 Å². The average Bonchev–Trinajstić information content (AvgIpc) is 3.10. The number of benzene rings is 1. The van der Waals surface area contributed by atoms with E-state index < -0.39 is 0 Å². The van der Waals surface area contributed by atoms with E-state index in [9.17, 15) is 9.18 Å². The summed E-state index contributed by atoms with van der Waals surface area (Å²) in [4.78, 5) is 14.8. The molecule has 134 valence electrons. The van der Waals surface area contributed by atoms with Crippen LogP contribution in [0.5, 0.6) is 0 Å². The van der Waals surface area contributed by atoms with Crippen LogP contribution in [0, 0.1) is 5.82 Å². The molecule has 1 aliphatic carbocycles. The van der Waals surface area contributed by atoms with Gasteiger partial charge in [0.05, 0.1) is 5.69 Å². The Balaban J connectivity index is 0.00000182. The van der Waals surface area contributed by atoms with Gasteiger partial charge in [-0.25, -0.2) is 9.07 Å². The number of hydrogen-bond donors (Lipinski definition) is 1. The van der Waals surface area contributed by atoms with Gasteiger partial charge in [0.15, 0.2) is 5.69 Å². The highest BCUT2D eigenvalue weighted by molar-refractivity contribution is 5.92. The van der Waals surface area contributed by atoms with Crippen LogP contribution in [-0.4, -0.2) is 45.8 Å². The van der Waals surface area contributed by atoms with Crippen molar-refractivity contribution >= 4 is 18.3 Å². The van der Waals surface area contributed by atoms with Crippen LogP contribution in [0.25, 0.3) is 5.69 Å². The van der Waals surface area contributed by atoms with Crippen molar-refractivity contribution in [3.05, 3.63) is 48.0 Å². The molecule has 1 saturated heterocycles. The molecule has 7 heteroatoms. The molecular weight excluding hydrogens is 343 g/mol. The van der Waals surface area contributed by atoms with Gasteiger partial charge >= 0.3 is 0 Å². The smallest absolute Gasteiger partial charge is 0.274 e. The van der Waals surface area contributed by atoms with Crippen LogP contribution in [0.4, 0.5) is 4.39 Å². The first-order chi connectivity index (χ1) is 11.7. The summed E-state index contributed by atoms with van der Waals surface area (Å²) in [7, 11) is 0. The first-order valence-electron chi connectivity index (χ1n) is 8.57. The van der Waals surface area contributed by atoms with Crippen LogP contribution >= 0.6 is 12.4 Å². The summed E-state index contributed by atoms with van der Waals surface area (Å²) in [6.45, 7) is 1.78. The molecule has 1 atom stereocenters. The normalized spacial score (nSPS) is 19.5. The summed E-state index contributed by atoms with van der Waals surface area (Å²) in [5, 5.41) is 7.82. The Morgan fingerprint density at radius 1 is 1.32 bits per heavy atom. The van der Waals surface area contributed by atoms with Gasteiger partial charge in [-0.1, -0.05) is 6.07 Å². The van der Waals surface area contributed by atoms with Crippen LogP contribution in [0.15, 0.2) is 36.5 Å². The van der Waals surface area contributed by atoms with Gasteiger partial charge in [-0.15, -0.1) is 12.4 Å². The molecule has 2 fully saturated rings. The van der Waals surface area contributed by atoms with Crippen molar-refractivity contribution in [1.82, 2.24) is 20.0 Å². The van der Waals surface area contributed by atoms with E-state index >= 15 is 0 Å². The molecule has 2 aromatic rings. The van der Waals surface area contributed by atoms with E-state index in [1.54, 1.807) is 29.1 Å². The molecule has 1 saturated carbocycles. The van der Waals surface area contributed by atoms with Gasteiger partial charge in [-0.3, -0.25) is 4.79 Å². The van der Waals surface area contributed by atoms with E-state index in [-0.39, 0.29) is 24.1 Å². The molecule has 1 aliphatic heterocycles. The largest absolute Gasteiger partial charge is 0.333 e. The zero-order chi connectivity index (χ0) is 16.5. The highest BCUT2D eigenvalue weighted by Gasteiger charge is 2.35. The fourth-order valence-electron chi connectivity index (χ4n) is 3.28. The molecule has 2 aliphatic rings. The highest BCUT2D eigenvalue weighted by Crippen LogP contribution is 2.29. The lowest BCUT2D eigenvalue weighted by Crippen LogP contribution is -2.42. The number of aromatic nitrogens is 2. The zero-order valence-corrected chi connectivity index (χ0v) is 14.7. The third-order valence-corrected chi connectivity index (χ3v) is 4.71. The third kappa shape index (κ3) is 4.02. The SMILES string of the molecule is Cl.O=C(c1ccn(-c2cccc(F)c2)n1)N(CC1CCCN1)C1CC1.